The number of benzene rings is 1. The molecule has 122 valence electrons. The van der Waals surface area contributed by atoms with E-state index in [0.29, 0.717) is 23.0 Å². The Labute approximate surface area is 141 Å². The zero-order valence-corrected chi connectivity index (χ0v) is 13.5. The average molecular weight is 320 g/mol. The van der Waals surface area contributed by atoms with Gasteiger partial charge >= 0.3 is 0 Å². The van der Waals surface area contributed by atoms with Gasteiger partial charge in [0.15, 0.2) is 0 Å². The van der Waals surface area contributed by atoms with E-state index in [-0.39, 0.29) is 5.91 Å². The number of anilines is 2. The third kappa shape index (κ3) is 3.90. The van der Waals surface area contributed by atoms with Crippen molar-refractivity contribution < 1.29 is 4.79 Å². The number of para-hydroxylation sites is 1. The summed E-state index contributed by atoms with van der Waals surface area (Å²) >= 11 is 0. The smallest absolute Gasteiger partial charge is 0.274 e. The number of rotatable bonds is 4. The number of nitrogens with zero attached hydrogens (tertiary/aromatic N) is 2. The first-order valence-electron chi connectivity index (χ1n) is 8.29. The molecule has 24 heavy (non-hydrogen) atoms. The zero-order valence-electron chi connectivity index (χ0n) is 13.5. The third-order valence-corrected chi connectivity index (χ3v) is 4.26. The number of amides is 1. The molecular weight excluding hydrogens is 300 g/mol. The van der Waals surface area contributed by atoms with Crippen LogP contribution in [0.1, 0.15) is 48.2 Å². The number of nitriles is 1. The Balaban J connectivity index is 1.71. The van der Waals surface area contributed by atoms with Crippen molar-refractivity contribution in [1.82, 2.24) is 4.98 Å². The molecule has 2 aromatic rings. The van der Waals surface area contributed by atoms with Crippen molar-refractivity contribution in [1.29, 1.82) is 5.26 Å². The summed E-state index contributed by atoms with van der Waals surface area (Å²) in [6.07, 6.45) is 7.78. The van der Waals surface area contributed by atoms with Crippen LogP contribution in [0, 0.1) is 11.3 Å². The van der Waals surface area contributed by atoms with Crippen molar-refractivity contribution in [3.63, 3.8) is 0 Å². The van der Waals surface area contributed by atoms with Crippen LogP contribution in [0.5, 0.6) is 0 Å². The van der Waals surface area contributed by atoms with Gasteiger partial charge in [0.1, 0.15) is 11.8 Å². The van der Waals surface area contributed by atoms with E-state index < -0.39 is 0 Å². The van der Waals surface area contributed by atoms with E-state index in [4.69, 9.17) is 5.26 Å². The molecule has 0 radical (unpaired) electrons. The lowest BCUT2D eigenvalue weighted by Gasteiger charge is -2.23. The summed E-state index contributed by atoms with van der Waals surface area (Å²) in [5.41, 5.74) is 2.18. The molecule has 2 N–H and O–H groups in total. The van der Waals surface area contributed by atoms with E-state index in [2.05, 4.69) is 21.7 Å². The molecule has 1 saturated carbocycles. The van der Waals surface area contributed by atoms with Crippen LogP contribution in [0.4, 0.5) is 11.4 Å². The molecule has 0 bridgehead atoms. The molecule has 0 unspecified atom stereocenters. The van der Waals surface area contributed by atoms with Crippen LogP contribution in [0.2, 0.25) is 0 Å². The molecule has 0 spiro atoms. The first-order chi connectivity index (χ1) is 11.8. The third-order valence-electron chi connectivity index (χ3n) is 4.26. The van der Waals surface area contributed by atoms with Crippen LogP contribution in [0.15, 0.2) is 42.6 Å². The number of carbonyl (C=O) groups excluding carboxylic acids is 1. The zero-order chi connectivity index (χ0) is 16.8. The van der Waals surface area contributed by atoms with Gasteiger partial charge in [-0.1, -0.05) is 31.4 Å². The lowest BCUT2D eigenvalue weighted by atomic mass is 9.95. The summed E-state index contributed by atoms with van der Waals surface area (Å²) in [7, 11) is 0. The molecule has 5 nitrogen and oxygen atoms in total. The molecule has 0 atom stereocenters. The molecular formula is C19H20N4O. The molecule has 0 aliphatic heterocycles. The van der Waals surface area contributed by atoms with Crippen LogP contribution < -0.4 is 10.6 Å². The average Bonchev–Trinajstić information content (AvgIpc) is 2.63. The van der Waals surface area contributed by atoms with Gasteiger partial charge in [0.2, 0.25) is 0 Å². The lowest BCUT2D eigenvalue weighted by Crippen LogP contribution is -2.22. The maximum Gasteiger partial charge on any atom is 0.274 e. The number of hydrogen-bond acceptors (Lipinski definition) is 4. The molecule has 0 saturated heterocycles. The van der Waals surface area contributed by atoms with Crippen molar-refractivity contribution in [2.45, 2.75) is 38.1 Å². The Hall–Kier alpha value is -2.87. The predicted octanol–water partition coefficient (Wildman–Crippen LogP) is 3.95. The van der Waals surface area contributed by atoms with Gasteiger partial charge in [0.25, 0.3) is 5.91 Å². The van der Waals surface area contributed by atoms with E-state index >= 15 is 0 Å². The molecule has 1 amide bonds. The Kier molecular flexibility index (Phi) is 5.07. The normalized spacial score (nSPS) is 14.6. The SMILES string of the molecule is N#Cc1ccccc1NC(=O)c1cc(NC2CCCCC2)ccn1. The topological polar surface area (TPSA) is 77.8 Å². The summed E-state index contributed by atoms with van der Waals surface area (Å²) in [5.74, 6) is -0.315. The van der Waals surface area contributed by atoms with Crippen LogP contribution >= 0.6 is 0 Å². The van der Waals surface area contributed by atoms with Crippen molar-refractivity contribution in [3.8, 4) is 6.07 Å². The molecule has 1 aromatic carbocycles. The molecule has 1 aliphatic rings. The van der Waals surface area contributed by atoms with E-state index in [0.717, 1.165) is 5.69 Å². The highest BCUT2D eigenvalue weighted by Crippen LogP contribution is 2.22. The van der Waals surface area contributed by atoms with Gasteiger partial charge in [-0.25, -0.2) is 0 Å². The number of pyridine rings is 1. The van der Waals surface area contributed by atoms with Gasteiger partial charge < -0.3 is 10.6 Å². The van der Waals surface area contributed by atoms with Gasteiger partial charge in [-0.2, -0.15) is 5.26 Å². The second-order valence-corrected chi connectivity index (χ2v) is 6.02. The van der Waals surface area contributed by atoms with Crippen LogP contribution in [-0.2, 0) is 0 Å². The molecule has 5 heteroatoms. The highest BCUT2D eigenvalue weighted by molar-refractivity contribution is 6.04. The fourth-order valence-corrected chi connectivity index (χ4v) is 3.00. The van der Waals surface area contributed by atoms with Gasteiger partial charge in [0.05, 0.1) is 11.3 Å². The molecule has 1 heterocycles. The van der Waals surface area contributed by atoms with Gasteiger partial charge in [0, 0.05) is 17.9 Å². The summed E-state index contributed by atoms with van der Waals surface area (Å²) in [6, 6.07) is 13.1. The predicted molar refractivity (Wildman–Crippen MR) is 93.8 cm³/mol. The fraction of sp³-hybridized carbons (Fsp3) is 0.316. The van der Waals surface area contributed by atoms with E-state index in [1.165, 1.54) is 32.1 Å². The largest absolute Gasteiger partial charge is 0.382 e. The second kappa shape index (κ2) is 7.60. The summed E-state index contributed by atoms with van der Waals surface area (Å²) in [5, 5.41) is 15.3. The summed E-state index contributed by atoms with van der Waals surface area (Å²) < 4.78 is 0. The first kappa shape index (κ1) is 16.0. The number of carbonyl (C=O) groups is 1. The van der Waals surface area contributed by atoms with Crippen molar-refractivity contribution in [3.05, 3.63) is 53.9 Å². The number of hydrogen-bond donors (Lipinski definition) is 2. The monoisotopic (exact) mass is 320 g/mol. The number of aromatic nitrogens is 1. The minimum absolute atomic E-state index is 0.315. The van der Waals surface area contributed by atoms with Crippen LogP contribution in [-0.4, -0.2) is 16.9 Å². The van der Waals surface area contributed by atoms with E-state index in [1.807, 2.05) is 6.07 Å². The fourth-order valence-electron chi connectivity index (χ4n) is 3.00. The first-order valence-corrected chi connectivity index (χ1v) is 8.29. The summed E-state index contributed by atoms with van der Waals surface area (Å²) in [4.78, 5) is 16.6. The second-order valence-electron chi connectivity index (χ2n) is 6.02. The quantitative estimate of drug-likeness (QED) is 0.894. The maximum absolute atomic E-state index is 12.4. The van der Waals surface area contributed by atoms with E-state index in [9.17, 15) is 4.79 Å². The molecule has 3 rings (SSSR count). The Morgan fingerprint density at radius 3 is 2.75 bits per heavy atom. The number of nitrogens with one attached hydrogen (secondary N) is 2. The highest BCUT2D eigenvalue weighted by atomic mass is 16.1. The van der Waals surface area contributed by atoms with Gasteiger partial charge in [-0.05, 0) is 37.1 Å². The van der Waals surface area contributed by atoms with Crippen LogP contribution in [0.3, 0.4) is 0 Å². The lowest BCUT2D eigenvalue weighted by molar-refractivity contribution is 0.102. The highest BCUT2D eigenvalue weighted by Gasteiger charge is 2.15. The van der Waals surface area contributed by atoms with Crippen LogP contribution in [0.25, 0.3) is 0 Å². The minimum Gasteiger partial charge on any atom is -0.382 e. The van der Waals surface area contributed by atoms with Gasteiger partial charge in [-0.15, -0.1) is 0 Å². The summed E-state index contributed by atoms with van der Waals surface area (Å²) in [6.45, 7) is 0. The van der Waals surface area contributed by atoms with E-state index in [1.54, 1.807) is 36.5 Å². The maximum atomic E-state index is 12.4. The van der Waals surface area contributed by atoms with Crippen molar-refractivity contribution in [2.24, 2.45) is 0 Å². The molecule has 1 aromatic heterocycles. The minimum atomic E-state index is -0.315. The molecule has 1 aliphatic carbocycles. The standard InChI is InChI=1S/C19H20N4O/c20-13-14-6-4-5-9-17(14)23-19(24)18-12-16(10-11-21-18)22-15-7-2-1-3-8-15/h4-6,9-12,15H,1-3,7-8H2,(H,21,22)(H,23,24). The van der Waals surface area contributed by atoms with Crippen molar-refractivity contribution >= 4 is 17.3 Å². The van der Waals surface area contributed by atoms with Gasteiger partial charge in [-0.3, -0.25) is 9.78 Å². The Morgan fingerprint density at radius 1 is 1.17 bits per heavy atom. The van der Waals surface area contributed by atoms with Crippen molar-refractivity contribution in [2.75, 3.05) is 10.6 Å². The Bertz CT molecular complexity index is 760. The molecule has 1 fully saturated rings. The Morgan fingerprint density at radius 2 is 1.96 bits per heavy atom.